The molecule has 0 saturated heterocycles. The third-order valence-corrected chi connectivity index (χ3v) is 3.33. The summed E-state index contributed by atoms with van der Waals surface area (Å²) >= 11 is 2.93. The summed E-state index contributed by atoms with van der Waals surface area (Å²) in [5.41, 5.74) is 1.29. The number of nitrogens with zero attached hydrogens (tertiary/aromatic N) is 4. The number of hydrogen-bond acceptors (Lipinski definition) is 3. The van der Waals surface area contributed by atoms with E-state index in [1.54, 1.807) is 22.7 Å². The molecule has 3 heterocycles. The van der Waals surface area contributed by atoms with Crippen LogP contribution in [0.25, 0.3) is 17.0 Å². The molecule has 0 radical (unpaired) electrons. The average molecular weight is 335 g/mol. The fourth-order valence-electron chi connectivity index (χ4n) is 1.85. The third kappa shape index (κ3) is 1.94. The average Bonchev–Trinajstić information content (AvgIpc) is 2.85. The second-order valence-electron chi connectivity index (χ2n) is 3.99. The van der Waals surface area contributed by atoms with Crippen LogP contribution in [-0.2, 0) is 0 Å². The highest BCUT2D eigenvalue weighted by Gasteiger charge is 2.15. The maximum atomic E-state index is 13.9. The highest BCUT2D eigenvalue weighted by molar-refractivity contribution is 9.10. The molecule has 0 bridgehead atoms. The number of aromatic nitrogens is 3. The molecule has 0 aliphatic carbocycles. The van der Waals surface area contributed by atoms with Gasteiger partial charge in [0.05, 0.1) is 23.5 Å². The van der Waals surface area contributed by atoms with E-state index in [4.69, 9.17) is 5.26 Å². The molecule has 0 amide bonds. The summed E-state index contributed by atoms with van der Waals surface area (Å²) in [5.74, 6) is -1.55. The van der Waals surface area contributed by atoms with Gasteiger partial charge in [-0.05, 0) is 28.1 Å². The van der Waals surface area contributed by atoms with Crippen molar-refractivity contribution < 1.29 is 8.78 Å². The van der Waals surface area contributed by atoms with E-state index in [1.165, 1.54) is 6.20 Å². The van der Waals surface area contributed by atoms with Gasteiger partial charge in [-0.15, -0.1) is 0 Å². The van der Waals surface area contributed by atoms with Gasteiger partial charge < -0.3 is 0 Å². The van der Waals surface area contributed by atoms with Crippen molar-refractivity contribution in [2.75, 3.05) is 0 Å². The first-order valence-electron chi connectivity index (χ1n) is 5.49. The van der Waals surface area contributed by atoms with Gasteiger partial charge in [-0.3, -0.25) is 4.40 Å². The molecule has 98 valence electrons. The maximum Gasteiger partial charge on any atom is 0.158 e. The molecule has 3 rings (SSSR count). The van der Waals surface area contributed by atoms with Crippen LogP contribution < -0.4 is 0 Å². The zero-order chi connectivity index (χ0) is 14.3. The lowest BCUT2D eigenvalue weighted by Crippen LogP contribution is -1.97. The minimum Gasteiger partial charge on any atom is -0.298 e. The van der Waals surface area contributed by atoms with Gasteiger partial charge in [0.15, 0.2) is 11.6 Å². The van der Waals surface area contributed by atoms with Gasteiger partial charge in [0.1, 0.15) is 15.9 Å². The van der Waals surface area contributed by atoms with Crippen molar-refractivity contribution in [2.24, 2.45) is 0 Å². The monoisotopic (exact) mass is 334 g/mol. The van der Waals surface area contributed by atoms with E-state index in [0.29, 0.717) is 16.9 Å². The summed E-state index contributed by atoms with van der Waals surface area (Å²) in [5, 5.41) is 8.82. The van der Waals surface area contributed by atoms with Gasteiger partial charge in [-0.25, -0.2) is 18.7 Å². The van der Waals surface area contributed by atoms with Crippen LogP contribution in [0, 0.1) is 23.0 Å². The Balaban J connectivity index is 2.26. The summed E-state index contributed by atoms with van der Waals surface area (Å²) in [6.45, 7) is 0. The Morgan fingerprint density at radius 1 is 1.25 bits per heavy atom. The predicted octanol–water partition coefficient (Wildman–Crippen LogP) is 3.31. The van der Waals surface area contributed by atoms with Gasteiger partial charge >= 0.3 is 0 Å². The number of pyridine rings is 2. The molecule has 0 fully saturated rings. The first-order valence-corrected chi connectivity index (χ1v) is 6.28. The van der Waals surface area contributed by atoms with Crippen molar-refractivity contribution in [3.05, 3.63) is 52.4 Å². The van der Waals surface area contributed by atoms with E-state index in [0.717, 1.165) is 6.07 Å². The summed E-state index contributed by atoms with van der Waals surface area (Å²) < 4.78 is 28.6. The third-order valence-electron chi connectivity index (χ3n) is 2.77. The topological polar surface area (TPSA) is 54.0 Å². The molecule has 0 saturated carbocycles. The van der Waals surface area contributed by atoms with Crippen LogP contribution in [0.4, 0.5) is 8.78 Å². The molecule has 20 heavy (non-hydrogen) atoms. The van der Waals surface area contributed by atoms with E-state index in [-0.39, 0.29) is 10.3 Å². The van der Waals surface area contributed by atoms with Crippen molar-refractivity contribution in [2.45, 2.75) is 0 Å². The van der Waals surface area contributed by atoms with E-state index in [1.807, 2.05) is 6.07 Å². The molecule has 0 unspecified atom stereocenters. The Morgan fingerprint density at radius 2 is 2.05 bits per heavy atom. The molecule has 0 aliphatic heterocycles. The summed E-state index contributed by atoms with van der Waals surface area (Å²) in [7, 11) is 0. The molecule has 0 aliphatic rings. The summed E-state index contributed by atoms with van der Waals surface area (Å²) in [6, 6.07) is 5.90. The molecule has 0 aromatic carbocycles. The van der Waals surface area contributed by atoms with Gasteiger partial charge in [-0.2, -0.15) is 5.26 Å². The molecule has 3 aromatic rings. The molecule has 3 aromatic heterocycles. The standard InChI is InChI=1S/C13H5BrF2N4/c14-13-9(16)4-8(15)12(19-13)10-6-18-11-3-7(5-17)1-2-20(10)11/h1-4,6H. The fraction of sp³-hybridized carbons (Fsp3) is 0. The quantitative estimate of drug-likeness (QED) is 0.641. The highest BCUT2D eigenvalue weighted by atomic mass is 79.9. The molecule has 4 nitrogen and oxygen atoms in total. The second-order valence-corrected chi connectivity index (χ2v) is 4.74. The number of rotatable bonds is 1. The maximum absolute atomic E-state index is 13.9. The minimum absolute atomic E-state index is 0.0181. The van der Waals surface area contributed by atoms with Gasteiger partial charge in [0.25, 0.3) is 0 Å². The number of halogens is 3. The van der Waals surface area contributed by atoms with Crippen LogP contribution in [0.5, 0.6) is 0 Å². The lowest BCUT2D eigenvalue weighted by Gasteiger charge is -2.04. The zero-order valence-corrected chi connectivity index (χ0v) is 11.4. The SMILES string of the molecule is N#Cc1ccn2c(-c3nc(Br)c(F)cc3F)cnc2c1. The predicted molar refractivity (Wildman–Crippen MR) is 70.8 cm³/mol. The van der Waals surface area contributed by atoms with Gasteiger partial charge in [-0.1, -0.05) is 0 Å². The lowest BCUT2D eigenvalue weighted by molar-refractivity contribution is 0.569. The minimum atomic E-state index is -0.781. The van der Waals surface area contributed by atoms with Crippen LogP contribution in [0.3, 0.4) is 0 Å². The number of imidazole rings is 1. The molecule has 0 atom stereocenters. The van der Waals surface area contributed by atoms with E-state index >= 15 is 0 Å². The lowest BCUT2D eigenvalue weighted by atomic mass is 10.2. The van der Waals surface area contributed by atoms with Crippen LogP contribution in [0.15, 0.2) is 35.2 Å². The van der Waals surface area contributed by atoms with Crippen molar-refractivity contribution in [1.82, 2.24) is 14.4 Å². The van der Waals surface area contributed by atoms with Crippen LogP contribution in [0.2, 0.25) is 0 Å². The first kappa shape index (κ1) is 12.7. The Labute approximate surface area is 120 Å². The fourth-order valence-corrected chi connectivity index (χ4v) is 2.14. The molecular weight excluding hydrogens is 330 g/mol. The molecular formula is C13H5BrF2N4. The van der Waals surface area contributed by atoms with Crippen molar-refractivity contribution in [3.8, 4) is 17.5 Å². The van der Waals surface area contributed by atoms with Crippen molar-refractivity contribution in [1.29, 1.82) is 5.26 Å². The largest absolute Gasteiger partial charge is 0.298 e. The number of hydrogen-bond donors (Lipinski definition) is 0. The van der Waals surface area contributed by atoms with E-state index < -0.39 is 11.6 Å². The Kier molecular flexibility index (Phi) is 2.95. The number of nitriles is 1. The Morgan fingerprint density at radius 3 is 2.80 bits per heavy atom. The van der Waals surface area contributed by atoms with Gasteiger partial charge in [0, 0.05) is 12.3 Å². The molecule has 0 spiro atoms. The highest BCUT2D eigenvalue weighted by Crippen LogP contribution is 2.25. The zero-order valence-electron chi connectivity index (χ0n) is 9.81. The summed E-state index contributed by atoms with van der Waals surface area (Å²) in [6.07, 6.45) is 3.01. The smallest absolute Gasteiger partial charge is 0.158 e. The second kappa shape index (κ2) is 4.65. The van der Waals surface area contributed by atoms with E-state index in [2.05, 4.69) is 25.9 Å². The van der Waals surface area contributed by atoms with Crippen LogP contribution in [-0.4, -0.2) is 14.4 Å². The van der Waals surface area contributed by atoms with E-state index in [9.17, 15) is 8.78 Å². The Hall–Kier alpha value is -2.33. The Bertz CT molecular complexity index is 867. The molecule has 0 N–H and O–H groups in total. The normalized spacial score (nSPS) is 10.7. The van der Waals surface area contributed by atoms with Crippen molar-refractivity contribution >= 4 is 21.6 Å². The van der Waals surface area contributed by atoms with Crippen LogP contribution >= 0.6 is 15.9 Å². The summed E-state index contributed by atoms with van der Waals surface area (Å²) in [4.78, 5) is 7.94. The first-order chi connectivity index (χ1) is 9.60. The van der Waals surface area contributed by atoms with Crippen molar-refractivity contribution in [3.63, 3.8) is 0 Å². The molecule has 7 heteroatoms. The number of fused-ring (bicyclic) bond motifs is 1. The van der Waals surface area contributed by atoms with Crippen LogP contribution in [0.1, 0.15) is 5.56 Å². The van der Waals surface area contributed by atoms with Gasteiger partial charge in [0.2, 0.25) is 0 Å².